The fraction of sp³-hybridized carbons (Fsp3) is 0.138. The van der Waals surface area contributed by atoms with Gasteiger partial charge in [0, 0.05) is 54.2 Å². The van der Waals surface area contributed by atoms with Gasteiger partial charge >= 0.3 is 0 Å². The van der Waals surface area contributed by atoms with Crippen LogP contribution in [0.25, 0.3) is 116 Å². The third-order valence-corrected chi connectivity index (χ3v) is 13.9. The van der Waals surface area contributed by atoms with Crippen molar-refractivity contribution in [3.63, 3.8) is 0 Å². The summed E-state index contributed by atoms with van der Waals surface area (Å²) in [6.45, 7) is 13.6. The molecular weight excluding hydrogens is 1050 g/mol. The maximum absolute atomic E-state index is 6.31. The summed E-state index contributed by atoms with van der Waals surface area (Å²) in [5.41, 5.74) is 15.9. The Hall–Kier alpha value is -7.63. The zero-order chi connectivity index (χ0) is 47.6. The summed E-state index contributed by atoms with van der Waals surface area (Å²) in [6, 6.07) is 68.8. The zero-order valence-corrected chi connectivity index (χ0v) is 42.9. The largest absolute Gasteiger partial charge is 0.500 e. The van der Waals surface area contributed by atoms with Crippen molar-refractivity contribution in [1.29, 1.82) is 0 Å². The number of para-hydroxylation sites is 3. The Morgan fingerprint density at radius 3 is 1.99 bits per heavy atom. The van der Waals surface area contributed by atoms with Crippen LogP contribution >= 0.6 is 0 Å². The Bertz CT molecular complexity index is 4090. The molecule has 0 N–H and O–H groups in total. The van der Waals surface area contributed by atoms with Crippen molar-refractivity contribution in [2.75, 3.05) is 0 Å². The van der Waals surface area contributed by atoms with Crippen LogP contribution in [0.4, 0.5) is 0 Å². The first-order chi connectivity index (χ1) is 34.2. The Labute approximate surface area is 427 Å². The quantitative estimate of drug-likeness (QED) is 0.118. The predicted molar refractivity (Wildman–Crippen MR) is 291 cm³/mol. The third kappa shape index (κ3) is 8.11. The molecule has 0 bridgehead atoms. The molecule has 0 amide bonds. The van der Waals surface area contributed by atoms with Gasteiger partial charge in [-0.25, -0.2) is 0 Å². The van der Waals surface area contributed by atoms with Crippen LogP contribution in [0.3, 0.4) is 0 Å². The van der Waals surface area contributed by atoms with Gasteiger partial charge in [-0.05, 0) is 93.6 Å². The van der Waals surface area contributed by atoms with Crippen molar-refractivity contribution in [2.24, 2.45) is 0 Å². The van der Waals surface area contributed by atoms with E-state index in [1.165, 1.54) is 55.0 Å². The molecule has 0 spiro atoms. The summed E-state index contributed by atoms with van der Waals surface area (Å²) in [5, 5.41) is 9.28. The van der Waals surface area contributed by atoms with Crippen molar-refractivity contribution < 1.29 is 28.9 Å². The van der Waals surface area contributed by atoms with Gasteiger partial charge in [-0.1, -0.05) is 172 Å². The Balaban J connectivity index is 0.000000160. The fourth-order valence-corrected chi connectivity index (χ4v) is 10.2. The van der Waals surface area contributed by atoms with Crippen LogP contribution in [-0.2, 0) is 20.1 Å². The van der Waals surface area contributed by atoms with Crippen molar-refractivity contribution in [2.45, 2.75) is 59.3 Å². The van der Waals surface area contributed by atoms with E-state index in [-0.39, 0.29) is 20.1 Å². The first-order valence-corrected chi connectivity index (χ1v) is 24.4. The molecule has 0 saturated heterocycles. The molecule has 13 aromatic rings. The first kappa shape index (κ1) is 45.8. The molecule has 0 aliphatic rings. The van der Waals surface area contributed by atoms with E-state index < -0.39 is 0 Å². The fourth-order valence-electron chi connectivity index (χ4n) is 10.2. The summed E-state index contributed by atoms with van der Waals surface area (Å²) >= 11 is 0. The summed E-state index contributed by atoms with van der Waals surface area (Å²) in [4.78, 5) is 9.83. The summed E-state index contributed by atoms with van der Waals surface area (Å²) in [5.74, 6) is 2.02. The van der Waals surface area contributed by atoms with Gasteiger partial charge < -0.3 is 18.4 Å². The number of hydrogen-bond acceptors (Lipinski definition) is 4. The standard InChI is InChI=1S/C39H33N2.C26H18NO2.Ir/c1-25(2)34-23-31(27-12-6-5-7-13-27)24-35(26(3)4)38(34)41-37-17-11-10-16-36(37)40-39(41)30-20-21-33-29(22-30)19-18-28-14-8-9-15-32(28)33;1-15(2)16-10-11-27-22(12-16)19-8-5-7-18-21-13-20-17-6-3-4-9-23(17)28-24(20)14-25(21)29-26(18)19;/h5-19,21-26H,1-4H3;3-7,9-15H,1-2H3;/q2*-1;. The second kappa shape index (κ2) is 18.6. The van der Waals surface area contributed by atoms with Crippen molar-refractivity contribution in [3.05, 3.63) is 211 Å². The molecule has 0 saturated carbocycles. The average molecular weight is 1100 g/mol. The molecule has 6 heteroatoms. The first-order valence-electron chi connectivity index (χ1n) is 24.4. The summed E-state index contributed by atoms with van der Waals surface area (Å²) in [7, 11) is 0. The van der Waals surface area contributed by atoms with Gasteiger partial charge in [0.1, 0.15) is 16.7 Å². The van der Waals surface area contributed by atoms with E-state index in [2.05, 4.69) is 209 Å². The van der Waals surface area contributed by atoms with Crippen molar-refractivity contribution >= 4 is 76.5 Å². The van der Waals surface area contributed by atoms with Gasteiger partial charge in [-0.2, -0.15) is 0 Å². The van der Waals surface area contributed by atoms with E-state index >= 15 is 0 Å². The second-order valence-corrected chi connectivity index (χ2v) is 19.3. The molecular formula is C65H51IrN3O2-2. The molecule has 71 heavy (non-hydrogen) atoms. The van der Waals surface area contributed by atoms with E-state index in [1.807, 2.05) is 36.5 Å². The normalized spacial score (nSPS) is 11.8. The minimum atomic E-state index is 0. The van der Waals surface area contributed by atoms with E-state index in [4.69, 9.17) is 13.8 Å². The van der Waals surface area contributed by atoms with E-state index in [0.29, 0.717) is 17.8 Å². The van der Waals surface area contributed by atoms with Gasteiger partial charge in [-0.15, -0.1) is 47.3 Å². The molecule has 349 valence electrons. The monoisotopic (exact) mass is 1100 g/mol. The number of pyridine rings is 1. The SMILES string of the molecule is CC(C)c1cc(-c2ccccc2)cc(C(C)C)c1-n1c(-c2[c-]cc3c(ccc4ccccc43)c2)nc2ccccc21.CC(C)c1ccnc(-c2[c-]ccc3c2oc2cc4oc5ccccc5c4cc23)c1.[Ir]. The van der Waals surface area contributed by atoms with Crippen LogP contribution < -0.4 is 0 Å². The Morgan fingerprint density at radius 2 is 1.20 bits per heavy atom. The summed E-state index contributed by atoms with van der Waals surface area (Å²) in [6.07, 6.45) is 1.86. The number of furan rings is 2. The van der Waals surface area contributed by atoms with Crippen LogP contribution in [0, 0.1) is 12.1 Å². The third-order valence-electron chi connectivity index (χ3n) is 13.9. The molecule has 5 nitrogen and oxygen atoms in total. The number of fused-ring (bicyclic) bond motifs is 10. The minimum Gasteiger partial charge on any atom is -0.500 e. The molecule has 0 aliphatic carbocycles. The van der Waals surface area contributed by atoms with Gasteiger partial charge in [-0.3, -0.25) is 4.98 Å². The summed E-state index contributed by atoms with van der Waals surface area (Å²) < 4.78 is 14.7. The molecule has 13 rings (SSSR count). The molecule has 4 heterocycles. The molecule has 0 fully saturated rings. The second-order valence-electron chi connectivity index (χ2n) is 19.3. The van der Waals surface area contributed by atoms with Gasteiger partial charge in [0.15, 0.2) is 0 Å². The number of aromatic nitrogens is 3. The maximum Gasteiger partial charge on any atom is 0.139 e. The van der Waals surface area contributed by atoms with Gasteiger partial charge in [0.25, 0.3) is 0 Å². The van der Waals surface area contributed by atoms with Crippen LogP contribution in [0.2, 0.25) is 0 Å². The molecule has 0 aliphatic heterocycles. The Morgan fingerprint density at radius 1 is 0.507 bits per heavy atom. The number of imidazole rings is 1. The van der Waals surface area contributed by atoms with Crippen LogP contribution in [0.5, 0.6) is 0 Å². The number of rotatable bonds is 7. The van der Waals surface area contributed by atoms with Crippen molar-refractivity contribution in [3.8, 4) is 39.5 Å². The van der Waals surface area contributed by atoms with E-state index in [1.54, 1.807) is 0 Å². The molecule has 4 aromatic heterocycles. The molecule has 0 atom stereocenters. The van der Waals surface area contributed by atoms with Crippen LogP contribution in [0.15, 0.2) is 191 Å². The van der Waals surface area contributed by atoms with Crippen LogP contribution in [-0.4, -0.2) is 14.5 Å². The van der Waals surface area contributed by atoms with E-state index in [0.717, 1.165) is 77.6 Å². The topological polar surface area (TPSA) is 57.0 Å². The maximum atomic E-state index is 6.31. The Kier molecular flexibility index (Phi) is 12.0. The van der Waals surface area contributed by atoms with Gasteiger partial charge in [0.05, 0.1) is 22.4 Å². The zero-order valence-electron chi connectivity index (χ0n) is 40.5. The van der Waals surface area contributed by atoms with Crippen molar-refractivity contribution in [1.82, 2.24) is 14.5 Å². The van der Waals surface area contributed by atoms with Crippen LogP contribution in [0.1, 0.15) is 76.0 Å². The predicted octanol–water partition coefficient (Wildman–Crippen LogP) is 18.2. The number of hydrogen-bond donors (Lipinski definition) is 0. The average Bonchev–Trinajstić information content (AvgIpc) is 4.08. The number of benzene rings is 9. The van der Waals surface area contributed by atoms with Gasteiger partial charge in [0.2, 0.25) is 0 Å². The smallest absolute Gasteiger partial charge is 0.139 e. The molecule has 9 aromatic carbocycles. The molecule has 0 unspecified atom stereocenters. The number of nitrogens with zero attached hydrogens (tertiary/aromatic N) is 3. The van der Waals surface area contributed by atoms with E-state index in [9.17, 15) is 0 Å². The molecule has 1 radical (unpaired) electrons. The minimum absolute atomic E-state index is 0.